The van der Waals surface area contributed by atoms with Crippen molar-refractivity contribution in [2.24, 2.45) is 0 Å². The van der Waals surface area contributed by atoms with Gasteiger partial charge < -0.3 is 10.6 Å². The quantitative estimate of drug-likeness (QED) is 0.812. The van der Waals surface area contributed by atoms with Crippen molar-refractivity contribution in [3.05, 3.63) is 46.9 Å². The molecule has 0 unspecified atom stereocenters. The number of nitrogens with zero attached hydrogens (tertiary/aromatic N) is 1. The Hall–Kier alpha value is -1.73. The highest BCUT2D eigenvalue weighted by Crippen LogP contribution is 2.27. The zero-order valence-electron chi connectivity index (χ0n) is 11.7. The molecule has 0 atom stereocenters. The van der Waals surface area contributed by atoms with Crippen molar-refractivity contribution >= 4 is 43.0 Å². The molecular weight excluding hydrogens is 354 g/mol. The predicted molar refractivity (Wildman–Crippen MR) is 90.1 cm³/mol. The normalized spacial score (nSPS) is 11.2. The Balaban J connectivity index is 2.37. The van der Waals surface area contributed by atoms with Crippen molar-refractivity contribution in [3.63, 3.8) is 0 Å². The molecule has 21 heavy (non-hydrogen) atoms. The number of benzene rings is 2. The predicted octanol–water partition coefficient (Wildman–Crippen LogP) is 2.90. The van der Waals surface area contributed by atoms with Gasteiger partial charge in [-0.1, -0.05) is 6.07 Å². The summed E-state index contributed by atoms with van der Waals surface area (Å²) in [5, 5.41) is 0. The molecular formula is C14H16BrN3O2S. The third kappa shape index (κ3) is 3.68. The van der Waals surface area contributed by atoms with Gasteiger partial charge >= 0.3 is 0 Å². The molecule has 0 saturated carbocycles. The highest BCUT2D eigenvalue weighted by molar-refractivity contribution is 9.10. The number of hydrogen-bond donors (Lipinski definition) is 2. The van der Waals surface area contributed by atoms with E-state index in [2.05, 4.69) is 20.7 Å². The Kier molecular flexibility index (Phi) is 4.43. The Morgan fingerprint density at radius 1 is 1.14 bits per heavy atom. The first-order valence-electron chi connectivity index (χ1n) is 6.15. The molecule has 7 heteroatoms. The first-order valence-corrected chi connectivity index (χ1v) is 8.42. The molecule has 5 nitrogen and oxygen atoms in total. The van der Waals surface area contributed by atoms with Crippen molar-refractivity contribution in [2.45, 2.75) is 4.90 Å². The third-order valence-electron chi connectivity index (χ3n) is 2.86. The van der Waals surface area contributed by atoms with Gasteiger partial charge in [-0.3, -0.25) is 4.72 Å². The Morgan fingerprint density at radius 2 is 1.86 bits per heavy atom. The fourth-order valence-electron chi connectivity index (χ4n) is 1.78. The topological polar surface area (TPSA) is 75.4 Å². The summed E-state index contributed by atoms with van der Waals surface area (Å²) in [5.74, 6) is 0. The van der Waals surface area contributed by atoms with E-state index >= 15 is 0 Å². The zero-order chi connectivity index (χ0) is 15.6. The minimum atomic E-state index is -3.70. The average molecular weight is 370 g/mol. The lowest BCUT2D eigenvalue weighted by molar-refractivity contribution is 0.601. The highest BCUT2D eigenvalue weighted by Gasteiger charge is 2.18. The number of nitrogen functional groups attached to an aromatic ring is 1. The zero-order valence-corrected chi connectivity index (χ0v) is 14.1. The summed E-state index contributed by atoms with van der Waals surface area (Å²) in [6, 6.07) is 11.8. The van der Waals surface area contributed by atoms with E-state index in [4.69, 9.17) is 5.73 Å². The van der Waals surface area contributed by atoms with Crippen LogP contribution in [0.15, 0.2) is 51.8 Å². The number of sulfonamides is 1. The molecule has 0 radical (unpaired) electrons. The minimum absolute atomic E-state index is 0.109. The summed E-state index contributed by atoms with van der Waals surface area (Å²) < 4.78 is 27.9. The molecule has 0 aromatic heterocycles. The fourth-order valence-corrected chi connectivity index (χ4v) is 3.83. The molecule has 0 saturated heterocycles. The molecule has 2 aromatic rings. The van der Waals surface area contributed by atoms with Crippen LogP contribution in [0.1, 0.15) is 0 Å². The minimum Gasteiger partial charge on any atom is -0.399 e. The first-order chi connectivity index (χ1) is 9.79. The lowest BCUT2D eigenvalue weighted by atomic mass is 10.3. The van der Waals surface area contributed by atoms with Crippen LogP contribution >= 0.6 is 15.9 Å². The van der Waals surface area contributed by atoms with Gasteiger partial charge in [-0.05, 0) is 52.3 Å². The van der Waals surface area contributed by atoms with Crippen LogP contribution in [0.3, 0.4) is 0 Å². The molecule has 3 N–H and O–H groups in total. The van der Waals surface area contributed by atoms with Crippen LogP contribution in [0.2, 0.25) is 0 Å². The van der Waals surface area contributed by atoms with E-state index in [0.29, 0.717) is 15.8 Å². The van der Waals surface area contributed by atoms with E-state index in [-0.39, 0.29) is 4.90 Å². The van der Waals surface area contributed by atoms with Gasteiger partial charge in [0.25, 0.3) is 10.0 Å². The van der Waals surface area contributed by atoms with Crippen LogP contribution in [0.4, 0.5) is 17.1 Å². The van der Waals surface area contributed by atoms with Crippen LogP contribution in [0.25, 0.3) is 0 Å². The number of halogens is 1. The van der Waals surface area contributed by atoms with Crippen molar-refractivity contribution in [1.29, 1.82) is 0 Å². The molecule has 0 bridgehead atoms. The monoisotopic (exact) mass is 369 g/mol. The van der Waals surface area contributed by atoms with Gasteiger partial charge in [0.05, 0.1) is 5.69 Å². The Bertz CT molecular complexity index is 761. The maximum atomic E-state index is 12.4. The number of rotatable bonds is 4. The van der Waals surface area contributed by atoms with Crippen molar-refractivity contribution in [1.82, 2.24) is 0 Å². The summed E-state index contributed by atoms with van der Waals surface area (Å²) in [6.45, 7) is 0. The van der Waals surface area contributed by atoms with Gasteiger partial charge in [0.15, 0.2) is 0 Å². The second-order valence-corrected chi connectivity index (χ2v) is 7.25. The molecule has 112 valence electrons. The highest BCUT2D eigenvalue weighted by atomic mass is 79.9. The van der Waals surface area contributed by atoms with Gasteiger partial charge in [0.1, 0.15) is 4.90 Å². The molecule has 0 aliphatic heterocycles. The lowest BCUT2D eigenvalue weighted by Crippen LogP contribution is -2.15. The summed E-state index contributed by atoms with van der Waals surface area (Å²) in [6.07, 6.45) is 0. The molecule has 0 heterocycles. The fraction of sp³-hybridized carbons (Fsp3) is 0.143. The van der Waals surface area contributed by atoms with Gasteiger partial charge in [0, 0.05) is 29.9 Å². The second-order valence-electron chi connectivity index (χ2n) is 4.74. The van der Waals surface area contributed by atoms with Crippen LogP contribution in [-0.2, 0) is 10.0 Å². The molecule has 0 amide bonds. The van der Waals surface area contributed by atoms with E-state index in [1.807, 2.05) is 25.1 Å². The Morgan fingerprint density at radius 3 is 2.52 bits per heavy atom. The summed E-state index contributed by atoms with van der Waals surface area (Å²) in [7, 11) is 0.0776. The average Bonchev–Trinajstić information content (AvgIpc) is 2.41. The van der Waals surface area contributed by atoms with Crippen LogP contribution in [-0.4, -0.2) is 22.5 Å². The van der Waals surface area contributed by atoms with Crippen molar-refractivity contribution in [3.8, 4) is 0 Å². The van der Waals surface area contributed by atoms with E-state index in [1.54, 1.807) is 30.3 Å². The summed E-state index contributed by atoms with van der Waals surface area (Å²) in [5.41, 5.74) is 7.45. The number of anilines is 3. The lowest BCUT2D eigenvalue weighted by Gasteiger charge is -2.15. The molecule has 0 fully saturated rings. The van der Waals surface area contributed by atoms with E-state index in [0.717, 1.165) is 5.69 Å². The summed E-state index contributed by atoms with van der Waals surface area (Å²) >= 11 is 3.23. The van der Waals surface area contributed by atoms with E-state index in [1.165, 1.54) is 6.07 Å². The van der Waals surface area contributed by atoms with Crippen LogP contribution < -0.4 is 15.4 Å². The number of hydrogen-bond acceptors (Lipinski definition) is 4. The molecule has 0 spiro atoms. The second kappa shape index (κ2) is 5.95. The first kappa shape index (κ1) is 15.7. The standard InChI is InChI=1S/C14H16BrN3O2S/c1-18(2)12-5-3-4-11(9-12)17-21(19,20)14-8-10(16)6-7-13(14)15/h3-9,17H,16H2,1-2H3. The van der Waals surface area contributed by atoms with E-state index < -0.39 is 10.0 Å². The van der Waals surface area contributed by atoms with Gasteiger partial charge in [-0.25, -0.2) is 8.42 Å². The van der Waals surface area contributed by atoms with E-state index in [9.17, 15) is 8.42 Å². The van der Waals surface area contributed by atoms with Gasteiger partial charge in [-0.2, -0.15) is 0 Å². The van der Waals surface area contributed by atoms with Gasteiger partial charge in [0.2, 0.25) is 0 Å². The largest absolute Gasteiger partial charge is 0.399 e. The molecule has 0 aliphatic carbocycles. The van der Waals surface area contributed by atoms with Crippen molar-refractivity contribution < 1.29 is 8.42 Å². The van der Waals surface area contributed by atoms with Crippen molar-refractivity contribution in [2.75, 3.05) is 29.5 Å². The van der Waals surface area contributed by atoms with Gasteiger partial charge in [-0.15, -0.1) is 0 Å². The number of nitrogens with two attached hydrogens (primary N) is 1. The summed E-state index contributed by atoms with van der Waals surface area (Å²) in [4.78, 5) is 2.01. The molecule has 2 rings (SSSR count). The third-order valence-corrected chi connectivity index (χ3v) is 5.23. The van der Waals surface area contributed by atoms with Crippen LogP contribution in [0, 0.1) is 0 Å². The molecule has 0 aliphatic rings. The number of nitrogens with one attached hydrogen (secondary N) is 1. The smallest absolute Gasteiger partial charge is 0.263 e. The maximum Gasteiger partial charge on any atom is 0.263 e. The molecule has 2 aromatic carbocycles. The SMILES string of the molecule is CN(C)c1cccc(NS(=O)(=O)c2cc(N)ccc2Br)c1. The maximum absolute atomic E-state index is 12.4. The Labute approximate surface area is 132 Å². The van der Waals surface area contributed by atoms with Crippen LogP contribution in [0.5, 0.6) is 0 Å².